The molecule has 14 heavy (non-hydrogen) atoms. The van der Waals surface area contributed by atoms with Crippen molar-refractivity contribution < 1.29 is 4.79 Å². The average Bonchev–Trinajstić information content (AvgIpc) is 2.15. The van der Waals surface area contributed by atoms with Crippen molar-refractivity contribution in [1.82, 2.24) is 15.3 Å². The number of rotatable bonds is 1. The highest BCUT2D eigenvalue weighted by Crippen LogP contribution is 2.18. The number of hydrogen-bond donors (Lipinski definition) is 1. The molecular weight excluding hydrogens is 178 g/mol. The van der Waals surface area contributed by atoms with E-state index in [0.29, 0.717) is 5.69 Å². The molecule has 1 aromatic rings. The van der Waals surface area contributed by atoms with Crippen LogP contribution >= 0.6 is 0 Å². The summed E-state index contributed by atoms with van der Waals surface area (Å²) in [5.74, 6) is -0.205. The number of nitrogens with zero attached hydrogens (tertiary/aromatic N) is 2. The molecule has 1 N–H and O–H groups in total. The summed E-state index contributed by atoms with van der Waals surface area (Å²) in [6.45, 7) is 6.10. The Morgan fingerprint density at radius 1 is 1.36 bits per heavy atom. The van der Waals surface area contributed by atoms with E-state index in [1.807, 2.05) is 20.8 Å². The van der Waals surface area contributed by atoms with Gasteiger partial charge in [-0.05, 0) is 0 Å². The van der Waals surface area contributed by atoms with Crippen LogP contribution in [0.15, 0.2) is 12.4 Å². The van der Waals surface area contributed by atoms with Crippen LogP contribution in [0.3, 0.4) is 0 Å². The van der Waals surface area contributed by atoms with Crippen LogP contribution in [0.25, 0.3) is 0 Å². The average molecular weight is 193 g/mol. The molecule has 0 spiro atoms. The maximum absolute atomic E-state index is 11.3. The van der Waals surface area contributed by atoms with E-state index in [1.54, 1.807) is 13.2 Å². The van der Waals surface area contributed by atoms with Crippen molar-refractivity contribution in [2.24, 2.45) is 0 Å². The number of carbonyl (C=O) groups excluding carboxylic acids is 1. The lowest BCUT2D eigenvalue weighted by molar-refractivity contribution is 0.0957. The number of nitrogens with one attached hydrogen (secondary N) is 1. The lowest BCUT2D eigenvalue weighted by atomic mass is 9.92. The number of amides is 1. The molecule has 0 radical (unpaired) electrons. The van der Waals surface area contributed by atoms with Crippen LogP contribution in [0, 0.1) is 0 Å². The molecule has 0 saturated heterocycles. The summed E-state index contributed by atoms with van der Waals surface area (Å²) < 4.78 is 0. The highest BCUT2D eigenvalue weighted by Gasteiger charge is 2.17. The standard InChI is InChI=1S/C10H15N3O/c1-10(2,3)8-6-12-5-7(13-8)9(14)11-4/h5-6H,1-4H3,(H,11,14). The Morgan fingerprint density at radius 3 is 2.50 bits per heavy atom. The van der Waals surface area contributed by atoms with Crippen LogP contribution in [-0.4, -0.2) is 22.9 Å². The first-order valence-electron chi connectivity index (χ1n) is 4.50. The molecule has 0 unspecified atom stereocenters. The Kier molecular flexibility index (Phi) is 2.84. The normalized spacial score (nSPS) is 11.1. The second kappa shape index (κ2) is 3.74. The quantitative estimate of drug-likeness (QED) is 0.727. The van der Waals surface area contributed by atoms with Gasteiger partial charge in [-0.25, -0.2) is 4.98 Å². The molecule has 0 aromatic carbocycles. The van der Waals surface area contributed by atoms with Crippen LogP contribution in [0.5, 0.6) is 0 Å². The molecule has 0 saturated carbocycles. The summed E-state index contributed by atoms with van der Waals surface area (Å²) in [6, 6.07) is 0. The zero-order chi connectivity index (χ0) is 10.8. The first-order chi connectivity index (χ1) is 6.45. The molecule has 0 aliphatic rings. The minimum atomic E-state index is -0.205. The fourth-order valence-electron chi connectivity index (χ4n) is 0.965. The largest absolute Gasteiger partial charge is 0.354 e. The lowest BCUT2D eigenvalue weighted by Gasteiger charge is -2.17. The molecule has 1 heterocycles. The van der Waals surface area contributed by atoms with Gasteiger partial charge in [0, 0.05) is 18.7 Å². The van der Waals surface area contributed by atoms with Crippen LogP contribution < -0.4 is 5.32 Å². The smallest absolute Gasteiger partial charge is 0.271 e. The highest BCUT2D eigenvalue weighted by atomic mass is 16.1. The van der Waals surface area contributed by atoms with Gasteiger partial charge in [0.15, 0.2) is 0 Å². The summed E-state index contributed by atoms with van der Waals surface area (Å²) in [4.78, 5) is 19.5. The van der Waals surface area contributed by atoms with E-state index >= 15 is 0 Å². The summed E-state index contributed by atoms with van der Waals surface area (Å²) in [7, 11) is 1.58. The summed E-state index contributed by atoms with van der Waals surface area (Å²) in [5.41, 5.74) is 1.09. The van der Waals surface area contributed by atoms with Crippen molar-refractivity contribution in [1.29, 1.82) is 0 Å². The van der Waals surface area contributed by atoms with Crippen LogP contribution in [0.2, 0.25) is 0 Å². The molecule has 0 atom stereocenters. The van der Waals surface area contributed by atoms with E-state index in [-0.39, 0.29) is 11.3 Å². The first-order valence-corrected chi connectivity index (χ1v) is 4.50. The molecule has 0 aliphatic heterocycles. The molecule has 4 nitrogen and oxygen atoms in total. The molecule has 0 fully saturated rings. The van der Waals surface area contributed by atoms with Crippen LogP contribution in [0.1, 0.15) is 37.0 Å². The highest BCUT2D eigenvalue weighted by molar-refractivity contribution is 5.91. The Balaban J connectivity index is 3.08. The van der Waals surface area contributed by atoms with Crippen molar-refractivity contribution in [3.05, 3.63) is 23.8 Å². The fraction of sp³-hybridized carbons (Fsp3) is 0.500. The summed E-state index contributed by atoms with van der Waals surface area (Å²) in [6.07, 6.45) is 3.15. The molecule has 1 rings (SSSR count). The lowest BCUT2D eigenvalue weighted by Crippen LogP contribution is -2.22. The van der Waals surface area contributed by atoms with E-state index in [1.165, 1.54) is 6.20 Å². The predicted octanol–water partition coefficient (Wildman–Crippen LogP) is 1.13. The van der Waals surface area contributed by atoms with Gasteiger partial charge in [0.2, 0.25) is 0 Å². The molecule has 0 bridgehead atoms. The molecule has 76 valence electrons. The SMILES string of the molecule is CNC(=O)c1cncc(C(C)(C)C)n1. The Morgan fingerprint density at radius 2 is 2.00 bits per heavy atom. The summed E-state index contributed by atoms with van der Waals surface area (Å²) in [5, 5.41) is 2.52. The second-order valence-electron chi connectivity index (χ2n) is 4.12. The van der Waals surface area contributed by atoms with E-state index in [0.717, 1.165) is 5.69 Å². The van der Waals surface area contributed by atoms with Crippen molar-refractivity contribution in [3.63, 3.8) is 0 Å². The zero-order valence-electron chi connectivity index (χ0n) is 8.96. The molecule has 4 heteroatoms. The molecule has 1 aromatic heterocycles. The van der Waals surface area contributed by atoms with E-state index in [2.05, 4.69) is 15.3 Å². The topological polar surface area (TPSA) is 54.9 Å². The van der Waals surface area contributed by atoms with Gasteiger partial charge in [0.05, 0.1) is 11.9 Å². The van der Waals surface area contributed by atoms with Gasteiger partial charge in [-0.1, -0.05) is 20.8 Å². The Labute approximate surface area is 83.8 Å². The van der Waals surface area contributed by atoms with Crippen molar-refractivity contribution in [2.75, 3.05) is 7.05 Å². The van der Waals surface area contributed by atoms with Gasteiger partial charge in [0.25, 0.3) is 5.91 Å². The van der Waals surface area contributed by atoms with Gasteiger partial charge in [-0.15, -0.1) is 0 Å². The van der Waals surface area contributed by atoms with Gasteiger partial charge in [0.1, 0.15) is 5.69 Å². The van der Waals surface area contributed by atoms with E-state index < -0.39 is 0 Å². The number of aromatic nitrogens is 2. The second-order valence-corrected chi connectivity index (χ2v) is 4.12. The summed E-state index contributed by atoms with van der Waals surface area (Å²) >= 11 is 0. The van der Waals surface area contributed by atoms with Gasteiger partial charge in [-0.3, -0.25) is 9.78 Å². The third kappa shape index (κ3) is 2.28. The Bertz CT molecular complexity index is 341. The third-order valence-corrected chi connectivity index (χ3v) is 1.86. The van der Waals surface area contributed by atoms with Gasteiger partial charge >= 0.3 is 0 Å². The fourth-order valence-corrected chi connectivity index (χ4v) is 0.965. The zero-order valence-corrected chi connectivity index (χ0v) is 8.96. The van der Waals surface area contributed by atoms with Gasteiger partial charge < -0.3 is 5.32 Å². The number of hydrogen-bond acceptors (Lipinski definition) is 3. The molecule has 0 aliphatic carbocycles. The van der Waals surface area contributed by atoms with E-state index in [4.69, 9.17) is 0 Å². The minimum absolute atomic E-state index is 0.0863. The van der Waals surface area contributed by atoms with Gasteiger partial charge in [-0.2, -0.15) is 0 Å². The predicted molar refractivity (Wildman–Crippen MR) is 54.1 cm³/mol. The van der Waals surface area contributed by atoms with Crippen molar-refractivity contribution in [3.8, 4) is 0 Å². The van der Waals surface area contributed by atoms with E-state index in [9.17, 15) is 4.79 Å². The monoisotopic (exact) mass is 193 g/mol. The number of carbonyl (C=O) groups is 1. The molecule has 1 amide bonds. The van der Waals surface area contributed by atoms with Crippen molar-refractivity contribution >= 4 is 5.91 Å². The minimum Gasteiger partial charge on any atom is -0.354 e. The Hall–Kier alpha value is -1.45. The van der Waals surface area contributed by atoms with Crippen LogP contribution in [0.4, 0.5) is 0 Å². The maximum Gasteiger partial charge on any atom is 0.271 e. The third-order valence-electron chi connectivity index (χ3n) is 1.86. The maximum atomic E-state index is 11.3. The van der Waals surface area contributed by atoms with Crippen molar-refractivity contribution in [2.45, 2.75) is 26.2 Å². The van der Waals surface area contributed by atoms with Crippen LogP contribution in [-0.2, 0) is 5.41 Å². The molecular formula is C10H15N3O. The first kappa shape index (κ1) is 10.6.